The average molecular weight is 489 g/mol. The number of carbonyl (C=O) groups is 1. The van der Waals surface area contributed by atoms with Gasteiger partial charge in [-0.1, -0.05) is 46.8 Å². The number of benzene rings is 1. The van der Waals surface area contributed by atoms with Gasteiger partial charge in [0.1, 0.15) is 11.9 Å². The maximum atomic E-state index is 14.2. The Bertz CT molecular complexity index is 973. The molecule has 1 heterocycles. The molecule has 188 valence electrons. The minimum Gasteiger partial charge on any atom is -0.458 e. The van der Waals surface area contributed by atoms with Crippen LogP contribution in [0, 0.1) is 29.5 Å². The van der Waals surface area contributed by atoms with Crippen molar-refractivity contribution >= 4 is 20.6 Å². The predicted molar refractivity (Wildman–Crippen MR) is 137 cm³/mol. The molecule has 0 aromatic heterocycles. The smallest absolute Gasteiger partial charge is 0.309 e. The van der Waals surface area contributed by atoms with Crippen molar-refractivity contribution in [1.29, 1.82) is 0 Å². The van der Waals surface area contributed by atoms with Crippen molar-refractivity contribution in [3.8, 4) is 0 Å². The van der Waals surface area contributed by atoms with Gasteiger partial charge < -0.3 is 14.3 Å². The third-order valence-corrected chi connectivity index (χ3v) is 7.90. The van der Waals surface area contributed by atoms with E-state index < -0.39 is 21.2 Å². The van der Waals surface area contributed by atoms with E-state index in [4.69, 9.17) is 9.16 Å². The van der Waals surface area contributed by atoms with Gasteiger partial charge in [0.2, 0.25) is 0 Å². The maximum Gasteiger partial charge on any atom is 0.309 e. The maximum absolute atomic E-state index is 14.2. The number of carbonyl (C=O) groups excluding carboxylic acids is 1. The van der Waals surface area contributed by atoms with Crippen LogP contribution in [0.25, 0.3) is 5.57 Å². The largest absolute Gasteiger partial charge is 0.458 e. The fourth-order valence-corrected chi connectivity index (χ4v) is 6.19. The second-order valence-corrected chi connectivity index (χ2v) is 14.3. The molecule has 1 N–H and O–H groups in total. The number of ether oxygens (including phenoxy) is 1. The van der Waals surface area contributed by atoms with Gasteiger partial charge in [-0.3, -0.25) is 4.79 Å². The van der Waals surface area contributed by atoms with Gasteiger partial charge in [0, 0.05) is 6.42 Å². The molecule has 1 aromatic rings. The van der Waals surface area contributed by atoms with Crippen LogP contribution in [0.2, 0.25) is 13.1 Å². The standard InChI is InChI=1S/C28H41FO4Si/c1-17-13-18(9-12-23(17)29)25-21(11-10-20-14-19(30)15-24(31)32-20)28(5,6)16-22(27(2,3)4)26(25)33-34(7)8/h9-13,19-20,22,26,30,34H,14-16H2,1-8H3. The SMILES string of the molecule is Cc1cc(C2=C(C=CC3CC(O)CC(=O)O3)C(C)(C)CC(C(C)(C)C)C2O[SiH](C)C)ccc1F. The Morgan fingerprint density at radius 3 is 2.50 bits per heavy atom. The quantitative estimate of drug-likeness (QED) is 0.410. The van der Waals surface area contributed by atoms with Crippen LogP contribution in [0.5, 0.6) is 0 Å². The molecule has 0 bridgehead atoms. The zero-order valence-electron chi connectivity index (χ0n) is 21.9. The molecule has 1 fully saturated rings. The van der Waals surface area contributed by atoms with Gasteiger partial charge in [0.15, 0.2) is 9.04 Å². The lowest BCUT2D eigenvalue weighted by Gasteiger charge is -2.49. The molecule has 1 saturated heterocycles. The summed E-state index contributed by atoms with van der Waals surface area (Å²) in [6, 6.07) is 5.31. The van der Waals surface area contributed by atoms with Gasteiger partial charge >= 0.3 is 5.97 Å². The van der Waals surface area contributed by atoms with Crippen LogP contribution in [0.4, 0.5) is 4.39 Å². The number of aliphatic hydroxyl groups is 1. The minimum absolute atomic E-state index is 0.0177. The van der Waals surface area contributed by atoms with Gasteiger partial charge in [-0.2, -0.15) is 0 Å². The van der Waals surface area contributed by atoms with E-state index in [1.54, 1.807) is 6.92 Å². The van der Waals surface area contributed by atoms with Gasteiger partial charge in [0.05, 0.1) is 18.6 Å². The molecule has 34 heavy (non-hydrogen) atoms. The van der Waals surface area contributed by atoms with E-state index in [-0.39, 0.29) is 41.1 Å². The molecule has 1 aliphatic carbocycles. The zero-order chi connectivity index (χ0) is 25.4. The highest BCUT2D eigenvalue weighted by molar-refractivity contribution is 6.48. The Labute approximate surface area is 206 Å². The fraction of sp³-hybridized carbons (Fsp3) is 0.607. The summed E-state index contributed by atoms with van der Waals surface area (Å²) in [5, 5.41) is 10.0. The van der Waals surface area contributed by atoms with Crippen LogP contribution in [0.15, 0.2) is 35.9 Å². The Kier molecular flexibility index (Phi) is 7.95. The lowest BCUT2D eigenvalue weighted by Crippen LogP contribution is -2.44. The molecule has 0 saturated carbocycles. The second kappa shape index (κ2) is 10.1. The molecule has 4 atom stereocenters. The number of cyclic esters (lactones) is 1. The number of allylic oxidation sites excluding steroid dienone is 2. The minimum atomic E-state index is -1.41. The van der Waals surface area contributed by atoms with Crippen molar-refractivity contribution in [2.24, 2.45) is 16.7 Å². The van der Waals surface area contributed by atoms with Crippen molar-refractivity contribution in [3.05, 3.63) is 52.9 Å². The van der Waals surface area contributed by atoms with Crippen molar-refractivity contribution < 1.29 is 23.5 Å². The van der Waals surface area contributed by atoms with Crippen LogP contribution >= 0.6 is 0 Å². The summed E-state index contributed by atoms with van der Waals surface area (Å²) in [4.78, 5) is 11.9. The third-order valence-electron chi connectivity index (χ3n) is 7.07. The van der Waals surface area contributed by atoms with Gasteiger partial charge in [-0.25, -0.2) is 4.39 Å². The molecule has 6 heteroatoms. The molecule has 2 aliphatic rings. The molecule has 4 unspecified atom stereocenters. The summed E-state index contributed by atoms with van der Waals surface area (Å²) < 4.78 is 26.4. The first-order valence-electron chi connectivity index (χ1n) is 12.4. The molecule has 1 aliphatic heterocycles. The molecule has 4 nitrogen and oxygen atoms in total. The number of halogens is 1. The topological polar surface area (TPSA) is 55.8 Å². The Hall–Kier alpha value is -1.76. The normalized spacial score (nSPS) is 28.0. The molecule has 1 aromatic carbocycles. The summed E-state index contributed by atoms with van der Waals surface area (Å²) in [7, 11) is -1.41. The number of aryl methyl sites for hydroxylation is 1. The van der Waals surface area contributed by atoms with E-state index in [0.29, 0.717) is 12.0 Å². The predicted octanol–water partition coefficient (Wildman–Crippen LogP) is 5.97. The summed E-state index contributed by atoms with van der Waals surface area (Å²) in [5.74, 6) is -0.314. The summed E-state index contributed by atoms with van der Waals surface area (Å²) in [5.41, 5.74) is 3.63. The first-order chi connectivity index (χ1) is 15.7. The number of esters is 1. The monoisotopic (exact) mass is 488 g/mol. The number of aliphatic hydroxyl groups excluding tert-OH is 1. The summed E-state index contributed by atoms with van der Waals surface area (Å²) in [6.45, 7) is 17.4. The van der Waals surface area contributed by atoms with Crippen molar-refractivity contribution in [3.63, 3.8) is 0 Å². The molecule has 0 amide bonds. The lowest BCUT2D eigenvalue weighted by atomic mass is 9.59. The van der Waals surface area contributed by atoms with Gasteiger partial charge in [-0.15, -0.1) is 0 Å². The highest BCUT2D eigenvalue weighted by Crippen LogP contribution is 2.53. The van der Waals surface area contributed by atoms with Crippen LogP contribution in [0.3, 0.4) is 0 Å². The molecule has 3 rings (SSSR count). The Balaban J connectivity index is 2.21. The molecule has 0 radical (unpaired) electrons. The van der Waals surface area contributed by atoms with Crippen molar-refractivity contribution in [2.75, 3.05) is 0 Å². The molecular weight excluding hydrogens is 447 g/mol. The highest BCUT2D eigenvalue weighted by Gasteiger charge is 2.46. The Morgan fingerprint density at radius 2 is 1.94 bits per heavy atom. The Morgan fingerprint density at radius 1 is 1.26 bits per heavy atom. The van der Waals surface area contributed by atoms with E-state index in [0.717, 1.165) is 23.1 Å². The first kappa shape index (κ1) is 26.8. The second-order valence-electron chi connectivity index (χ2n) is 11.9. The fourth-order valence-electron chi connectivity index (χ4n) is 5.28. The van der Waals surface area contributed by atoms with Crippen molar-refractivity contribution in [2.45, 2.75) is 92.2 Å². The molecule has 0 spiro atoms. The van der Waals surface area contributed by atoms with Crippen LogP contribution in [-0.4, -0.2) is 38.4 Å². The summed E-state index contributed by atoms with van der Waals surface area (Å²) >= 11 is 0. The van der Waals surface area contributed by atoms with Crippen LogP contribution in [0.1, 0.15) is 65.0 Å². The first-order valence-corrected chi connectivity index (χ1v) is 15.2. The third kappa shape index (κ3) is 6.07. The van der Waals surface area contributed by atoms with Gasteiger partial charge in [0.25, 0.3) is 0 Å². The number of hydrogen-bond donors (Lipinski definition) is 1. The van der Waals surface area contributed by atoms with E-state index in [1.165, 1.54) is 6.07 Å². The number of rotatable bonds is 5. The van der Waals surface area contributed by atoms with E-state index in [9.17, 15) is 14.3 Å². The van der Waals surface area contributed by atoms with Crippen molar-refractivity contribution in [1.82, 2.24) is 0 Å². The van der Waals surface area contributed by atoms with Crippen LogP contribution in [-0.2, 0) is 14.0 Å². The highest BCUT2D eigenvalue weighted by atomic mass is 28.3. The van der Waals surface area contributed by atoms with E-state index in [1.807, 2.05) is 18.2 Å². The van der Waals surface area contributed by atoms with E-state index in [2.05, 4.69) is 53.8 Å². The average Bonchev–Trinajstić information content (AvgIpc) is 2.68. The van der Waals surface area contributed by atoms with Gasteiger partial charge in [-0.05, 0) is 83.7 Å². The zero-order valence-corrected chi connectivity index (χ0v) is 23.1. The summed E-state index contributed by atoms with van der Waals surface area (Å²) in [6.07, 6.45) is 4.08. The molecular formula is C28H41FO4Si. The van der Waals surface area contributed by atoms with Crippen LogP contribution < -0.4 is 0 Å². The lowest BCUT2D eigenvalue weighted by molar-refractivity contribution is -0.156. The number of hydrogen-bond acceptors (Lipinski definition) is 4. The van der Waals surface area contributed by atoms with E-state index >= 15 is 0 Å².